The maximum atomic E-state index is 13.1. The number of amides is 2. The molecule has 0 atom stereocenters. The van der Waals surface area contributed by atoms with Crippen LogP contribution in [0.4, 0.5) is 18.9 Å². The molecule has 3 aromatic rings. The molecule has 0 unspecified atom stereocenters. The largest absolute Gasteiger partial charge is 0.494 e. The van der Waals surface area contributed by atoms with Gasteiger partial charge in [0, 0.05) is 7.05 Å². The van der Waals surface area contributed by atoms with E-state index < -0.39 is 30.1 Å². The highest BCUT2D eigenvalue weighted by atomic mass is 32.2. The number of thioether (sulfide) groups is 1. The molecule has 0 saturated carbocycles. The number of hydrogen-bond acceptors (Lipinski definition) is 7. The predicted octanol–water partition coefficient (Wildman–Crippen LogP) is 2.88. The lowest BCUT2D eigenvalue weighted by molar-refractivity contribution is -0.137. The van der Waals surface area contributed by atoms with Crippen LogP contribution in [0.1, 0.15) is 5.56 Å². The maximum Gasteiger partial charge on any atom is 0.418 e. The summed E-state index contributed by atoms with van der Waals surface area (Å²) < 4.78 is 46.0. The molecule has 1 heterocycles. The van der Waals surface area contributed by atoms with E-state index >= 15 is 0 Å². The minimum absolute atomic E-state index is 0.0988. The van der Waals surface area contributed by atoms with Gasteiger partial charge in [0.05, 0.1) is 30.7 Å². The first kappa shape index (κ1) is 24.0. The number of likely N-dealkylation sites (N-methyl/N-ethyl adjacent to an activating group) is 1. The van der Waals surface area contributed by atoms with Gasteiger partial charge in [0.1, 0.15) is 11.4 Å². The van der Waals surface area contributed by atoms with Gasteiger partial charge < -0.3 is 15.0 Å². The fourth-order valence-electron chi connectivity index (χ4n) is 2.79. The first-order valence-electron chi connectivity index (χ1n) is 9.45. The van der Waals surface area contributed by atoms with Gasteiger partial charge in [-0.1, -0.05) is 36.0 Å². The molecule has 2 aromatic carbocycles. The summed E-state index contributed by atoms with van der Waals surface area (Å²) in [6.07, 6.45) is -4.62. The van der Waals surface area contributed by atoms with Crippen molar-refractivity contribution in [1.82, 2.24) is 25.1 Å². The quantitative estimate of drug-likeness (QED) is 0.495. The number of rotatable bonds is 8. The van der Waals surface area contributed by atoms with E-state index in [0.29, 0.717) is 16.6 Å². The third kappa shape index (κ3) is 6.00. The molecule has 0 aliphatic carbocycles. The number of nitrogens with one attached hydrogen (secondary N) is 1. The standard InChI is InChI=1S/C20H19F3N6O3S/c1-28(11-17(30)24-14-8-4-3-7-13(14)20(21,22)23)18(31)12-33-19-25-26-27-29(19)15-9-5-6-10-16(15)32-2/h3-10H,11-12H2,1-2H3,(H,24,30). The molecule has 174 valence electrons. The lowest BCUT2D eigenvalue weighted by Crippen LogP contribution is -2.36. The Morgan fingerprint density at radius 2 is 1.85 bits per heavy atom. The summed E-state index contributed by atoms with van der Waals surface area (Å²) in [5, 5.41) is 14.0. The second-order valence-corrected chi connectivity index (χ2v) is 7.62. The Morgan fingerprint density at radius 3 is 2.58 bits per heavy atom. The average molecular weight is 480 g/mol. The summed E-state index contributed by atoms with van der Waals surface area (Å²) in [5.41, 5.74) is -0.761. The number of tetrazole rings is 1. The van der Waals surface area contributed by atoms with E-state index in [9.17, 15) is 22.8 Å². The van der Waals surface area contributed by atoms with Crippen molar-refractivity contribution in [3.63, 3.8) is 0 Å². The van der Waals surface area contributed by atoms with E-state index in [0.717, 1.165) is 28.8 Å². The number of halogens is 3. The van der Waals surface area contributed by atoms with Gasteiger partial charge >= 0.3 is 6.18 Å². The van der Waals surface area contributed by atoms with E-state index in [1.807, 2.05) is 0 Å². The van der Waals surface area contributed by atoms with Crippen LogP contribution in [0.3, 0.4) is 0 Å². The monoisotopic (exact) mass is 480 g/mol. The van der Waals surface area contributed by atoms with Crippen LogP contribution in [-0.2, 0) is 15.8 Å². The summed E-state index contributed by atoms with van der Waals surface area (Å²) in [6, 6.07) is 11.7. The highest BCUT2D eigenvalue weighted by molar-refractivity contribution is 7.99. The van der Waals surface area contributed by atoms with Crippen molar-refractivity contribution in [2.45, 2.75) is 11.3 Å². The van der Waals surface area contributed by atoms with E-state index in [1.54, 1.807) is 24.3 Å². The van der Waals surface area contributed by atoms with Crippen LogP contribution in [0.5, 0.6) is 5.75 Å². The van der Waals surface area contributed by atoms with Crippen molar-refractivity contribution in [1.29, 1.82) is 0 Å². The van der Waals surface area contributed by atoms with E-state index in [4.69, 9.17) is 4.74 Å². The first-order chi connectivity index (χ1) is 15.7. The molecule has 1 N–H and O–H groups in total. The third-order valence-electron chi connectivity index (χ3n) is 4.39. The van der Waals surface area contributed by atoms with Crippen LogP contribution in [0.25, 0.3) is 5.69 Å². The lowest BCUT2D eigenvalue weighted by atomic mass is 10.1. The molecule has 0 aliphatic heterocycles. The highest BCUT2D eigenvalue weighted by Crippen LogP contribution is 2.34. The van der Waals surface area contributed by atoms with Gasteiger partial charge in [-0.3, -0.25) is 9.59 Å². The number of carbonyl (C=O) groups excluding carboxylic acids is 2. The van der Waals surface area contributed by atoms with Crippen molar-refractivity contribution < 1.29 is 27.5 Å². The van der Waals surface area contributed by atoms with Crippen molar-refractivity contribution in [2.75, 3.05) is 31.8 Å². The Hall–Kier alpha value is -3.61. The van der Waals surface area contributed by atoms with E-state index in [2.05, 4.69) is 20.8 Å². The normalized spacial score (nSPS) is 11.2. The second kappa shape index (κ2) is 10.3. The van der Waals surface area contributed by atoms with Crippen molar-refractivity contribution in [3.8, 4) is 11.4 Å². The zero-order valence-electron chi connectivity index (χ0n) is 17.5. The summed E-state index contributed by atoms with van der Waals surface area (Å²) in [6.45, 7) is -0.428. The van der Waals surface area contributed by atoms with E-state index in [-0.39, 0.29) is 11.4 Å². The molecule has 0 spiro atoms. The number of nitrogens with zero attached hydrogens (tertiary/aromatic N) is 5. The minimum Gasteiger partial charge on any atom is -0.494 e. The Morgan fingerprint density at radius 1 is 1.15 bits per heavy atom. The fraction of sp³-hybridized carbons (Fsp3) is 0.250. The summed E-state index contributed by atoms with van der Waals surface area (Å²) in [7, 11) is 2.88. The third-order valence-corrected chi connectivity index (χ3v) is 5.30. The Labute approximate surface area is 190 Å². The molecule has 3 rings (SSSR count). The Kier molecular flexibility index (Phi) is 7.53. The van der Waals surface area contributed by atoms with Crippen LogP contribution in [-0.4, -0.2) is 63.4 Å². The van der Waals surface area contributed by atoms with Gasteiger partial charge in [0.25, 0.3) is 0 Å². The number of benzene rings is 2. The van der Waals surface area contributed by atoms with Crippen LogP contribution in [0, 0.1) is 0 Å². The predicted molar refractivity (Wildman–Crippen MR) is 114 cm³/mol. The fourth-order valence-corrected chi connectivity index (χ4v) is 3.62. The Bertz CT molecular complexity index is 1140. The molecule has 0 aliphatic rings. The molecule has 2 amide bonds. The molecule has 13 heteroatoms. The number of carbonyl (C=O) groups is 2. The van der Waals surface area contributed by atoms with E-state index in [1.165, 1.54) is 31.0 Å². The zero-order valence-corrected chi connectivity index (χ0v) is 18.4. The molecular formula is C20H19F3N6O3S. The van der Waals surface area contributed by atoms with Crippen LogP contribution in [0.2, 0.25) is 0 Å². The van der Waals surface area contributed by atoms with Crippen molar-refractivity contribution in [3.05, 3.63) is 54.1 Å². The van der Waals surface area contributed by atoms with Gasteiger partial charge in [0.2, 0.25) is 17.0 Å². The number of alkyl halides is 3. The molecule has 0 bridgehead atoms. The summed E-state index contributed by atoms with van der Waals surface area (Å²) in [5.74, 6) is -0.760. The van der Waals surface area contributed by atoms with Gasteiger partial charge in [-0.05, 0) is 34.7 Å². The minimum atomic E-state index is -4.62. The first-order valence-corrected chi connectivity index (χ1v) is 10.4. The number of ether oxygens (including phenoxy) is 1. The molecule has 0 saturated heterocycles. The molecule has 1 aromatic heterocycles. The van der Waals surface area contributed by atoms with Gasteiger partial charge in [-0.15, -0.1) is 5.10 Å². The highest BCUT2D eigenvalue weighted by Gasteiger charge is 2.33. The molecule has 33 heavy (non-hydrogen) atoms. The summed E-state index contributed by atoms with van der Waals surface area (Å²) >= 11 is 1.04. The van der Waals surface area contributed by atoms with Gasteiger partial charge in [-0.25, -0.2) is 0 Å². The van der Waals surface area contributed by atoms with Crippen LogP contribution < -0.4 is 10.1 Å². The Balaban J connectivity index is 1.60. The average Bonchev–Trinajstić information content (AvgIpc) is 3.25. The number of anilines is 1. The van der Waals surface area contributed by atoms with Crippen LogP contribution in [0.15, 0.2) is 53.7 Å². The number of hydrogen-bond donors (Lipinski definition) is 1. The number of methoxy groups -OCH3 is 1. The smallest absolute Gasteiger partial charge is 0.418 e. The molecular weight excluding hydrogens is 461 g/mol. The molecule has 0 fully saturated rings. The SMILES string of the molecule is COc1ccccc1-n1nnnc1SCC(=O)N(C)CC(=O)Nc1ccccc1C(F)(F)F. The van der Waals surface area contributed by atoms with Gasteiger partial charge in [-0.2, -0.15) is 17.9 Å². The maximum absolute atomic E-state index is 13.1. The molecule has 9 nitrogen and oxygen atoms in total. The molecule has 0 radical (unpaired) electrons. The number of aromatic nitrogens is 4. The lowest BCUT2D eigenvalue weighted by Gasteiger charge is -2.18. The van der Waals surface area contributed by atoms with Crippen LogP contribution >= 0.6 is 11.8 Å². The number of para-hydroxylation sites is 3. The topological polar surface area (TPSA) is 102 Å². The van der Waals surface area contributed by atoms with Gasteiger partial charge in [0.15, 0.2) is 0 Å². The van der Waals surface area contributed by atoms with Crippen molar-refractivity contribution >= 4 is 29.3 Å². The zero-order chi connectivity index (χ0) is 24.0. The van der Waals surface area contributed by atoms with Crippen molar-refractivity contribution in [2.24, 2.45) is 0 Å². The second-order valence-electron chi connectivity index (χ2n) is 6.68. The summed E-state index contributed by atoms with van der Waals surface area (Å²) in [4.78, 5) is 25.8.